The Morgan fingerprint density at radius 2 is 2.14 bits per heavy atom. The van der Waals surface area contributed by atoms with Crippen LogP contribution in [0.1, 0.15) is 33.6 Å². The van der Waals surface area contributed by atoms with Gasteiger partial charge < -0.3 is 15.0 Å². The molecule has 0 bridgehead atoms. The Hall–Kier alpha value is -2.04. The summed E-state index contributed by atoms with van der Waals surface area (Å²) >= 11 is 0. The summed E-state index contributed by atoms with van der Waals surface area (Å²) in [7, 11) is 0. The summed E-state index contributed by atoms with van der Waals surface area (Å²) in [5.41, 5.74) is 0.718. The lowest BCUT2D eigenvalue weighted by atomic mass is 10.1. The van der Waals surface area contributed by atoms with Gasteiger partial charge in [-0.1, -0.05) is 25.5 Å². The SMILES string of the molecule is CCCC(C)NC(=O)C1CN(C(C)=O)c2ccccc2O1. The third kappa shape index (κ3) is 3.54. The summed E-state index contributed by atoms with van der Waals surface area (Å²) in [6, 6.07) is 7.39. The molecule has 0 saturated heterocycles. The molecule has 5 nitrogen and oxygen atoms in total. The van der Waals surface area contributed by atoms with Crippen LogP contribution in [0.25, 0.3) is 0 Å². The van der Waals surface area contributed by atoms with Crippen molar-refractivity contribution in [1.82, 2.24) is 5.32 Å². The largest absolute Gasteiger partial charge is 0.477 e. The summed E-state index contributed by atoms with van der Waals surface area (Å²) in [5, 5.41) is 2.94. The molecule has 1 aliphatic heterocycles. The molecule has 0 spiro atoms. The fourth-order valence-electron chi connectivity index (χ4n) is 2.51. The number of ether oxygens (including phenoxy) is 1. The van der Waals surface area contributed by atoms with E-state index in [9.17, 15) is 9.59 Å². The number of nitrogens with one attached hydrogen (secondary N) is 1. The fourth-order valence-corrected chi connectivity index (χ4v) is 2.51. The second-order valence-electron chi connectivity index (χ2n) is 5.40. The highest BCUT2D eigenvalue weighted by atomic mass is 16.5. The lowest BCUT2D eigenvalue weighted by Gasteiger charge is -2.34. The quantitative estimate of drug-likeness (QED) is 0.924. The zero-order valence-corrected chi connectivity index (χ0v) is 12.8. The van der Waals surface area contributed by atoms with Gasteiger partial charge in [0.15, 0.2) is 6.10 Å². The second kappa shape index (κ2) is 6.61. The van der Waals surface area contributed by atoms with Gasteiger partial charge in [0, 0.05) is 13.0 Å². The van der Waals surface area contributed by atoms with Gasteiger partial charge in [-0.3, -0.25) is 9.59 Å². The predicted molar refractivity (Wildman–Crippen MR) is 81.4 cm³/mol. The van der Waals surface area contributed by atoms with Gasteiger partial charge in [0.2, 0.25) is 5.91 Å². The molecule has 2 unspecified atom stereocenters. The molecular weight excluding hydrogens is 268 g/mol. The number of rotatable bonds is 4. The first-order valence-corrected chi connectivity index (χ1v) is 7.37. The van der Waals surface area contributed by atoms with Crippen LogP contribution in [0.4, 0.5) is 5.69 Å². The summed E-state index contributed by atoms with van der Waals surface area (Å²) in [4.78, 5) is 25.7. The topological polar surface area (TPSA) is 58.6 Å². The molecular formula is C16H22N2O3. The molecule has 2 rings (SSSR count). The molecule has 1 aromatic carbocycles. The minimum absolute atomic E-state index is 0.0924. The normalized spacial score (nSPS) is 18.4. The van der Waals surface area contributed by atoms with E-state index in [-0.39, 0.29) is 24.4 Å². The number of nitrogens with zero attached hydrogens (tertiary/aromatic N) is 1. The summed E-state index contributed by atoms with van der Waals surface area (Å²) in [6.45, 7) is 5.79. The molecule has 5 heteroatoms. The molecule has 21 heavy (non-hydrogen) atoms. The van der Waals surface area contributed by atoms with Gasteiger partial charge in [-0.05, 0) is 25.5 Å². The minimum Gasteiger partial charge on any atom is -0.477 e. The third-order valence-corrected chi connectivity index (χ3v) is 3.56. The highest BCUT2D eigenvalue weighted by Crippen LogP contribution is 2.33. The lowest BCUT2D eigenvalue weighted by molar-refractivity contribution is -0.128. The van der Waals surface area contributed by atoms with Gasteiger partial charge in [-0.15, -0.1) is 0 Å². The number of anilines is 1. The molecule has 0 saturated carbocycles. The van der Waals surface area contributed by atoms with Crippen LogP contribution in [0, 0.1) is 0 Å². The zero-order valence-electron chi connectivity index (χ0n) is 12.8. The Morgan fingerprint density at radius 3 is 2.81 bits per heavy atom. The van der Waals surface area contributed by atoms with Gasteiger partial charge in [-0.2, -0.15) is 0 Å². The first-order chi connectivity index (χ1) is 10.0. The van der Waals surface area contributed by atoms with Crippen molar-refractivity contribution >= 4 is 17.5 Å². The van der Waals surface area contributed by atoms with Crippen molar-refractivity contribution in [1.29, 1.82) is 0 Å². The van der Waals surface area contributed by atoms with E-state index in [1.807, 2.05) is 25.1 Å². The summed E-state index contributed by atoms with van der Waals surface area (Å²) in [6.07, 6.45) is 1.27. The fraction of sp³-hybridized carbons (Fsp3) is 0.500. The molecule has 2 atom stereocenters. The Balaban J connectivity index is 2.14. The number of carbonyl (C=O) groups is 2. The Kier molecular flexibility index (Phi) is 4.83. The van der Waals surface area contributed by atoms with Gasteiger partial charge in [-0.25, -0.2) is 0 Å². The van der Waals surface area contributed by atoms with Crippen molar-refractivity contribution in [3.63, 3.8) is 0 Å². The van der Waals surface area contributed by atoms with Gasteiger partial charge in [0.25, 0.3) is 5.91 Å². The van der Waals surface area contributed by atoms with E-state index >= 15 is 0 Å². The number of fused-ring (bicyclic) bond motifs is 1. The van der Waals surface area contributed by atoms with Crippen molar-refractivity contribution in [2.75, 3.05) is 11.4 Å². The number of amides is 2. The smallest absolute Gasteiger partial charge is 0.263 e. The predicted octanol–water partition coefficient (Wildman–Crippen LogP) is 2.11. The Bertz CT molecular complexity index is 530. The van der Waals surface area contributed by atoms with Crippen LogP contribution in [0.5, 0.6) is 5.75 Å². The first kappa shape index (κ1) is 15.4. The molecule has 2 amide bonds. The highest BCUT2D eigenvalue weighted by Gasteiger charge is 2.32. The zero-order chi connectivity index (χ0) is 15.4. The average Bonchev–Trinajstić information content (AvgIpc) is 2.46. The van der Waals surface area contributed by atoms with E-state index in [0.29, 0.717) is 5.75 Å². The van der Waals surface area contributed by atoms with Crippen LogP contribution >= 0.6 is 0 Å². The van der Waals surface area contributed by atoms with E-state index < -0.39 is 6.10 Å². The van der Waals surface area contributed by atoms with Crippen molar-refractivity contribution in [3.05, 3.63) is 24.3 Å². The third-order valence-electron chi connectivity index (χ3n) is 3.56. The Labute approximate surface area is 125 Å². The average molecular weight is 290 g/mol. The number of carbonyl (C=O) groups excluding carboxylic acids is 2. The first-order valence-electron chi connectivity index (χ1n) is 7.37. The molecule has 1 heterocycles. The van der Waals surface area contributed by atoms with Gasteiger partial charge >= 0.3 is 0 Å². The molecule has 0 aliphatic carbocycles. The van der Waals surface area contributed by atoms with E-state index in [1.54, 1.807) is 11.0 Å². The molecule has 1 aromatic rings. The van der Waals surface area contributed by atoms with Crippen LogP contribution in [-0.4, -0.2) is 30.5 Å². The van der Waals surface area contributed by atoms with Crippen molar-refractivity contribution in [2.45, 2.75) is 45.8 Å². The monoisotopic (exact) mass is 290 g/mol. The molecule has 0 fully saturated rings. The van der Waals surface area contributed by atoms with Crippen LogP contribution < -0.4 is 15.0 Å². The van der Waals surface area contributed by atoms with Crippen LogP contribution in [-0.2, 0) is 9.59 Å². The van der Waals surface area contributed by atoms with Crippen LogP contribution in [0.2, 0.25) is 0 Å². The maximum Gasteiger partial charge on any atom is 0.263 e. The summed E-state index contributed by atoms with van der Waals surface area (Å²) < 4.78 is 5.75. The van der Waals surface area contributed by atoms with Crippen molar-refractivity contribution < 1.29 is 14.3 Å². The second-order valence-corrected chi connectivity index (χ2v) is 5.40. The molecule has 1 aliphatic rings. The van der Waals surface area contributed by atoms with Gasteiger partial charge in [0.05, 0.1) is 12.2 Å². The van der Waals surface area contributed by atoms with Gasteiger partial charge in [0.1, 0.15) is 5.75 Å². The Morgan fingerprint density at radius 1 is 1.43 bits per heavy atom. The maximum atomic E-state index is 12.3. The van der Waals surface area contributed by atoms with Crippen LogP contribution in [0.15, 0.2) is 24.3 Å². The molecule has 0 radical (unpaired) electrons. The minimum atomic E-state index is -0.664. The molecule has 1 N–H and O–H groups in total. The highest BCUT2D eigenvalue weighted by molar-refractivity contribution is 5.95. The van der Waals surface area contributed by atoms with E-state index in [4.69, 9.17) is 4.74 Å². The number of benzene rings is 1. The number of hydrogen-bond acceptors (Lipinski definition) is 3. The number of para-hydroxylation sites is 2. The van der Waals surface area contributed by atoms with E-state index in [0.717, 1.165) is 18.5 Å². The van der Waals surface area contributed by atoms with Crippen LogP contribution in [0.3, 0.4) is 0 Å². The lowest BCUT2D eigenvalue weighted by Crippen LogP contribution is -2.51. The van der Waals surface area contributed by atoms with E-state index in [1.165, 1.54) is 6.92 Å². The van der Waals surface area contributed by atoms with E-state index in [2.05, 4.69) is 12.2 Å². The van der Waals surface area contributed by atoms with Crippen molar-refractivity contribution in [3.8, 4) is 5.75 Å². The molecule has 114 valence electrons. The summed E-state index contributed by atoms with van der Waals surface area (Å²) in [5.74, 6) is 0.309. The standard InChI is InChI=1S/C16H22N2O3/c1-4-7-11(2)17-16(20)15-10-18(12(3)19)13-8-5-6-9-14(13)21-15/h5-6,8-9,11,15H,4,7,10H2,1-3H3,(H,17,20). The number of hydrogen-bond donors (Lipinski definition) is 1. The molecule has 0 aromatic heterocycles. The van der Waals surface area contributed by atoms with Crippen molar-refractivity contribution in [2.24, 2.45) is 0 Å². The maximum absolute atomic E-state index is 12.3.